The van der Waals surface area contributed by atoms with Gasteiger partial charge >= 0.3 is 0 Å². The van der Waals surface area contributed by atoms with E-state index in [0.29, 0.717) is 11.4 Å². The molecule has 0 aliphatic carbocycles. The number of halogens is 1. The number of likely N-dealkylation sites (N-methyl/N-ethyl adjacent to an activating group) is 1. The summed E-state index contributed by atoms with van der Waals surface area (Å²) >= 11 is 3.34. The molecule has 0 spiro atoms. The van der Waals surface area contributed by atoms with Gasteiger partial charge in [0.05, 0.1) is 6.42 Å². The molecule has 0 bridgehead atoms. The van der Waals surface area contributed by atoms with Crippen molar-refractivity contribution in [3.63, 3.8) is 0 Å². The Morgan fingerprint density at radius 1 is 1.04 bits per heavy atom. The van der Waals surface area contributed by atoms with Crippen molar-refractivity contribution in [3.8, 4) is 5.75 Å². The zero-order valence-corrected chi connectivity index (χ0v) is 14.2. The van der Waals surface area contributed by atoms with Crippen LogP contribution in [0.4, 0.5) is 5.69 Å². The second-order valence-corrected chi connectivity index (χ2v) is 5.71. The van der Waals surface area contributed by atoms with Crippen molar-refractivity contribution in [2.75, 3.05) is 19.0 Å². The van der Waals surface area contributed by atoms with Crippen molar-refractivity contribution >= 4 is 33.4 Å². The summed E-state index contributed by atoms with van der Waals surface area (Å²) in [5.41, 5.74) is 1.37. The largest absolute Gasteiger partial charge is 0.484 e. The number of amides is 2. The van der Waals surface area contributed by atoms with E-state index in [-0.39, 0.29) is 24.8 Å². The van der Waals surface area contributed by atoms with Crippen molar-refractivity contribution in [2.24, 2.45) is 0 Å². The zero-order chi connectivity index (χ0) is 16.7. The highest BCUT2D eigenvalue weighted by atomic mass is 79.9. The number of carbonyl (C=O) groups is 2. The molecule has 2 rings (SSSR count). The van der Waals surface area contributed by atoms with Crippen LogP contribution in [-0.2, 0) is 16.0 Å². The SMILES string of the molecule is CNC(=O)Cc1ccccc1NC(=O)COc1ccc(Br)cc1. The summed E-state index contributed by atoms with van der Waals surface area (Å²) in [7, 11) is 1.58. The van der Waals surface area contributed by atoms with Crippen LogP contribution in [0.25, 0.3) is 0 Å². The van der Waals surface area contributed by atoms with Gasteiger partial charge in [0, 0.05) is 17.2 Å². The van der Waals surface area contributed by atoms with Crippen LogP contribution in [0.15, 0.2) is 53.0 Å². The number of rotatable bonds is 6. The fourth-order valence-corrected chi connectivity index (χ4v) is 2.19. The first-order valence-corrected chi connectivity index (χ1v) is 7.84. The monoisotopic (exact) mass is 376 g/mol. The van der Waals surface area contributed by atoms with Gasteiger partial charge in [0.15, 0.2) is 6.61 Å². The van der Waals surface area contributed by atoms with Gasteiger partial charge in [0.1, 0.15) is 5.75 Å². The maximum Gasteiger partial charge on any atom is 0.262 e. The van der Waals surface area contributed by atoms with Crippen LogP contribution >= 0.6 is 15.9 Å². The molecule has 0 heterocycles. The summed E-state index contributed by atoms with van der Waals surface area (Å²) in [6.45, 7) is -0.101. The Balaban J connectivity index is 1.94. The Labute approximate surface area is 143 Å². The lowest BCUT2D eigenvalue weighted by Gasteiger charge is -2.11. The first-order valence-electron chi connectivity index (χ1n) is 7.05. The number of nitrogens with one attached hydrogen (secondary N) is 2. The highest BCUT2D eigenvalue weighted by Crippen LogP contribution is 2.17. The van der Waals surface area contributed by atoms with E-state index in [9.17, 15) is 9.59 Å². The van der Waals surface area contributed by atoms with E-state index in [1.807, 2.05) is 18.2 Å². The van der Waals surface area contributed by atoms with Crippen molar-refractivity contribution in [1.29, 1.82) is 0 Å². The van der Waals surface area contributed by atoms with Crippen LogP contribution in [0.1, 0.15) is 5.56 Å². The molecular weight excluding hydrogens is 360 g/mol. The molecule has 0 saturated heterocycles. The van der Waals surface area contributed by atoms with E-state index in [1.165, 1.54) is 0 Å². The number of hydrogen-bond donors (Lipinski definition) is 2. The van der Waals surface area contributed by atoms with Gasteiger partial charge in [0.25, 0.3) is 5.91 Å². The highest BCUT2D eigenvalue weighted by Gasteiger charge is 2.10. The fourth-order valence-electron chi connectivity index (χ4n) is 1.92. The van der Waals surface area contributed by atoms with Crippen molar-refractivity contribution in [3.05, 3.63) is 58.6 Å². The summed E-state index contributed by atoms with van der Waals surface area (Å²) in [5, 5.41) is 5.33. The number of hydrogen-bond acceptors (Lipinski definition) is 3. The second kappa shape index (κ2) is 8.33. The van der Waals surface area contributed by atoms with Crippen LogP contribution < -0.4 is 15.4 Å². The number of carbonyl (C=O) groups excluding carboxylic acids is 2. The van der Waals surface area contributed by atoms with E-state index in [2.05, 4.69) is 26.6 Å². The lowest BCUT2D eigenvalue weighted by atomic mass is 10.1. The van der Waals surface area contributed by atoms with Gasteiger partial charge in [-0.05, 0) is 35.9 Å². The van der Waals surface area contributed by atoms with Crippen molar-refractivity contribution in [1.82, 2.24) is 5.32 Å². The van der Waals surface area contributed by atoms with Gasteiger partial charge in [-0.25, -0.2) is 0 Å². The van der Waals surface area contributed by atoms with Gasteiger partial charge in [-0.15, -0.1) is 0 Å². The minimum absolute atomic E-state index is 0.101. The normalized spacial score (nSPS) is 10.0. The number of ether oxygens (including phenoxy) is 1. The Kier molecular flexibility index (Phi) is 6.17. The minimum atomic E-state index is -0.280. The number of para-hydroxylation sites is 1. The first-order chi connectivity index (χ1) is 11.1. The topological polar surface area (TPSA) is 67.4 Å². The lowest BCUT2D eigenvalue weighted by molar-refractivity contribution is -0.120. The van der Waals surface area contributed by atoms with E-state index in [1.54, 1.807) is 37.4 Å². The molecule has 0 fully saturated rings. The summed E-state index contributed by atoms with van der Waals surface area (Å²) in [5.74, 6) is 0.220. The zero-order valence-electron chi connectivity index (χ0n) is 12.6. The molecule has 2 aromatic rings. The maximum absolute atomic E-state index is 12.0. The van der Waals surface area contributed by atoms with Gasteiger partial charge in [-0.3, -0.25) is 9.59 Å². The van der Waals surface area contributed by atoms with Crippen molar-refractivity contribution in [2.45, 2.75) is 6.42 Å². The summed E-state index contributed by atoms with van der Waals surface area (Å²) < 4.78 is 6.37. The predicted octanol–water partition coefficient (Wildman–Crippen LogP) is 2.76. The summed E-state index contributed by atoms with van der Waals surface area (Å²) in [6.07, 6.45) is 0.209. The smallest absolute Gasteiger partial charge is 0.262 e. The molecular formula is C17H17BrN2O3. The van der Waals surface area contributed by atoms with E-state index in [4.69, 9.17) is 4.74 Å². The van der Waals surface area contributed by atoms with Crippen LogP contribution in [-0.4, -0.2) is 25.5 Å². The second-order valence-electron chi connectivity index (χ2n) is 4.80. The summed E-state index contributed by atoms with van der Waals surface area (Å²) in [6, 6.07) is 14.4. The Hall–Kier alpha value is -2.34. The quantitative estimate of drug-likeness (QED) is 0.814. The van der Waals surface area contributed by atoms with Crippen LogP contribution in [0.5, 0.6) is 5.75 Å². The Morgan fingerprint density at radius 3 is 2.43 bits per heavy atom. The molecule has 0 saturated carbocycles. The Morgan fingerprint density at radius 2 is 1.74 bits per heavy atom. The fraction of sp³-hybridized carbons (Fsp3) is 0.176. The number of benzene rings is 2. The third kappa shape index (κ3) is 5.41. The van der Waals surface area contributed by atoms with E-state index < -0.39 is 0 Å². The lowest BCUT2D eigenvalue weighted by Crippen LogP contribution is -2.23. The molecule has 6 heteroatoms. The summed E-state index contributed by atoms with van der Waals surface area (Å²) in [4.78, 5) is 23.5. The number of anilines is 1. The van der Waals surface area contributed by atoms with Gasteiger partial charge < -0.3 is 15.4 Å². The molecule has 0 radical (unpaired) electrons. The standard InChI is InChI=1S/C17H17BrN2O3/c1-19-16(21)10-12-4-2-3-5-15(12)20-17(22)11-23-14-8-6-13(18)7-9-14/h2-9H,10-11H2,1H3,(H,19,21)(H,20,22). The maximum atomic E-state index is 12.0. The molecule has 2 N–H and O–H groups in total. The van der Waals surface area contributed by atoms with Gasteiger partial charge in [-0.2, -0.15) is 0 Å². The molecule has 2 amide bonds. The molecule has 0 aliphatic heterocycles. The highest BCUT2D eigenvalue weighted by molar-refractivity contribution is 9.10. The molecule has 0 atom stereocenters. The molecule has 23 heavy (non-hydrogen) atoms. The molecule has 0 aliphatic rings. The van der Waals surface area contributed by atoms with Crippen LogP contribution in [0, 0.1) is 0 Å². The van der Waals surface area contributed by atoms with Crippen LogP contribution in [0.2, 0.25) is 0 Å². The van der Waals surface area contributed by atoms with Crippen molar-refractivity contribution < 1.29 is 14.3 Å². The van der Waals surface area contributed by atoms with E-state index in [0.717, 1.165) is 10.0 Å². The molecule has 0 unspecified atom stereocenters. The molecule has 2 aromatic carbocycles. The predicted molar refractivity (Wildman–Crippen MR) is 92.5 cm³/mol. The average molecular weight is 377 g/mol. The van der Waals surface area contributed by atoms with Gasteiger partial charge in [0.2, 0.25) is 5.91 Å². The van der Waals surface area contributed by atoms with Crippen LogP contribution in [0.3, 0.4) is 0 Å². The average Bonchev–Trinajstić information content (AvgIpc) is 2.56. The third-order valence-electron chi connectivity index (χ3n) is 3.10. The molecule has 0 aromatic heterocycles. The first kappa shape index (κ1) is 17.0. The molecule has 120 valence electrons. The molecule has 5 nitrogen and oxygen atoms in total. The third-order valence-corrected chi connectivity index (χ3v) is 3.63. The minimum Gasteiger partial charge on any atom is -0.484 e. The van der Waals surface area contributed by atoms with E-state index >= 15 is 0 Å². The van der Waals surface area contributed by atoms with Gasteiger partial charge in [-0.1, -0.05) is 34.1 Å². The Bertz CT molecular complexity index is 686.